The SMILES string of the molecule is COc1ccc(/C=C/C(=O)NCCc2ccc(Cl)cc2Cl)cc1S(=O)(=O)N1CCOCC1. The molecule has 1 aliphatic rings. The van der Waals surface area contributed by atoms with Crippen LogP contribution in [0.15, 0.2) is 47.4 Å². The predicted molar refractivity (Wildman–Crippen MR) is 125 cm³/mol. The molecule has 1 fully saturated rings. The number of rotatable bonds is 8. The summed E-state index contributed by atoms with van der Waals surface area (Å²) in [6, 6.07) is 9.99. The maximum Gasteiger partial charge on any atom is 0.246 e. The van der Waals surface area contributed by atoms with Gasteiger partial charge in [0.2, 0.25) is 15.9 Å². The summed E-state index contributed by atoms with van der Waals surface area (Å²) in [7, 11) is -2.33. The van der Waals surface area contributed by atoms with Crippen LogP contribution in [0.5, 0.6) is 5.75 Å². The fourth-order valence-electron chi connectivity index (χ4n) is 3.20. The predicted octanol–water partition coefficient (Wildman–Crippen LogP) is 3.40. The molecule has 10 heteroatoms. The molecule has 2 aromatic rings. The number of methoxy groups -OCH3 is 1. The van der Waals surface area contributed by atoms with Gasteiger partial charge in [-0.05, 0) is 47.9 Å². The summed E-state index contributed by atoms with van der Waals surface area (Å²) in [5, 5.41) is 3.89. The van der Waals surface area contributed by atoms with Crippen molar-refractivity contribution < 1.29 is 22.7 Å². The van der Waals surface area contributed by atoms with Gasteiger partial charge >= 0.3 is 0 Å². The molecule has 0 aromatic heterocycles. The molecular formula is C22H24Cl2N2O5S. The van der Waals surface area contributed by atoms with E-state index in [1.807, 2.05) is 6.07 Å². The molecule has 0 saturated carbocycles. The van der Waals surface area contributed by atoms with Crippen molar-refractivity contribution >= 4 is 45.2 Å². The molecule has 0 atom stereocenters. The van der Waals surface area contributed by atoms with Gasteiger partial charge in [-0.25, -0.2) is 8.42 Å². The number of benzene rings is 2. The second-order valence-electron chi connectivity index (χ2n) is 7.04. The van der Waals surface area contributed by atoms with E-state index >= 15 is 0 Å². The van der Waals surface area contributed by atoms with E-state index in [2.05, 4.69) is 5.32 Å². The Hall–Kier alpha value is -2.10. The number of amides is 1. The molecule has 1 N–H and O–H groups in total. The Labute approximate surface area is 198 Å². The number of nitrogens with zero attached hydrogens (tertiary/aromatic N) is 1. The number of carbonyl (C=O) groups is 1. The van der Waals surface area contributed by atoms with Crippen LogP contribution < -0.4 is 10.1 Å². The highest BCUT2D eigenvalue weighted by Gasteiger charge is 2.29. The van der Waals surface area contributed by atoms with Crippen molar-refractivity contribution in [3.63, 3.8) is 0 Å². The molecule has 7 nitrogen and oxygen atoms in total. The van der Waals surface area contributed by atoms with Crippen LogP contribution >= 0.6 is 23.2 Å². The van der Waals surface area contributed by atoms with Gasteiger partial charge in [-0.3, -0.25) is 4.79 Å². The standard InChI is InChI=1S/C22H24Cl2N2O5S/c1-30-20-6-2-16(14-21(20)32(28,29)26-10-12-31-13-11-26)3-7-22(27)25-9-8-17-4-5-18(23)15-19(17)24/h2-7,14-15H,8-13H2,1H3,(H,25,27)/b7-3+. The first-order valence-corrected chi connectivity index (χ1v) is 12.2. The first-order valence-electron chi connectivity index (χ1n) is 9.97. The zero-order chi connectivity index (χ0) is 23.1. The smallest absolute Gasteiger partial charge is 0.246 e. The number of hydrogen-bond acceptors (Lipinski definition) is 5. The molecule has 3 rings (SSSR count). The first-order chi connectivity index (χ1) is 15.3. The molecule has 0 aliphatic carbocycles. The van der Waals surface area contributed by atoms with Gasteiger partial charge in [-0.1, -0.05) is 35.3 Å². The molecule has 0 bridgehead atoms. The van der Waals surface area contributed by atoms with Crippen molar-refractivity contribution in [2.45, 2.75) is 11.3 Å². The van der Waals surface area contributed by atoms with Crippen LogP contribution in [-0.4, -0.2) is 58.6 Å². The minimum absolute atomic E-state index is 0.0573. The summed E-state index contributed by atoms with van der Waals surface area (Å²) in [5.41, 5.74) is 1.45. The maximum absolute atomic E-state index is 13.0. The van der Waals surface area contributed by atoms with Gasteiger partial charge in [0, 0.05) is 35.8 Å². The second kappa shape index (κ2) is 11.2. The lowest BCUT2D eigenvalue weighted by atomic mass is 10.1. The van der Waals surface area contributed by atoms with E-state index in [-0.39, 0.29) is 29.6 Å². The van der Waals surface area contributed by atoms with E-state index in [4.69, 9.17) is 32.7 Å². The van der Waals surface area contributed by atoms with Gasteiger partial charge in [0.25, 0.3) is 0 Å². The van der Waals surface area contributed by atoms with E-state index in [0.717, 1.165) is 5.56 Å². The third-order valence-corrected chi connectivity index (χ3v) is 7.42. The summed E-state index contributed by atoms with van der Waals surface area (Å²) in [4.78, 5) is 12.2. The normalized spacial score (nSPS) is 15.1. The number of morpholine rings is 1. The van der Waals surface area contributed by atoms with Crippen LogP contribution in [0, 0.1) is 0 Å². The topological polar surface area (TPSA) is 84.9 Å². The van der Waals surface area contributed by atoms with Crippen molar-refractivity contribution in [2.24, 2.45) is 0 Å². The number of halogens is 2. The average Bonchev–Trinajstić information content (AvgIpc) is 2.79. The highest BCUT2D eigenvalue weighted by molar-refractivity contribution is 7.89. The fraction of sp³-hybridized carbons (Fsp3) is 0.318. The van der Waals surface area contributed by atoms with Crippen molar-refractivity contribution in [1.29, 1.82) is 0 Å². The third kappa shape index (κ3) is 6.24. The molecule has 172 valence electrons. The number of sulfonamides is 1. The van der Waals surface area contributed by atoms with Crippen LogP contribution in [0.4, 0.5) is 0 Å². The zero-order valence-electron chi connectivity index (χ0n) is 17.5. The van der Waals surface area contributed by atoms with Crippen LogP contribution in [0.3, 0.4) is 0 Å². The molecule has 1 aliphatic heterocycles. The number of hydrogen-bond donors (Lipinski definition) is 1. The summed E-state index contributed by atoms with van der Waals surface area (Å²) in [6.45, 7) is 1.66. The summed E-state index contributed by atoms with van der Waals surface area (Å²) >= 11 is 12.0. The molecule has 1 saturated heterocycles. The maximum atomic E-state index is 13.0. The Kier molecular flexibility index (Phi) is 8.56. The van der Waals surface area contributed by atoms with E-state index in [9.17, 15) is 13.2 Å². The van der Waals surface area contributed by atoms with E-state index < -0.39 is 10.0 Å². The lowest BCUT2D eigenvalue weighted by Crippen LogP contribution is -2.40. The summed E-state index contributed by atoms with van der Waals surface area (Å²) in [6.07, 6.45) is 3.47. The van der Waals surface area contributed by atoms with Gasteiger partial charge in [0.05, 0.1) is 20.3 Å². The summed E-state index contributed by atoms with van der Waals surface area (Å²) in [5.74, 6) is -0.0542. The van der Waals surface area contributed by atoms with E-state index in [0.29, 0.717) is 41.8 Å². The van der Waals surface area contributed by atoms with Crippen molar-refractivity contribution in [2.75, 3.05) is 40.0 Å². The van der Waals surface area contributed by atoms with Crippen LogP contribution in [-0.2, 0) is 26.0 Å². The van der Waals surface area contributed by atoms with Crippen molar-refractivity contribution in [1.82, 2.24) is 9.62 Å². The monoisotopic (exact) mass is 498 g/mol. The molecule has 1 heterocycles. The molecule has 0 radical (unpaired) electrons. The molecular weight excluding hydrogens is 475 g/mol. The number of ether oxygens (including phenoxy) is 2. The van der Waals surface area contributed by atoms with Gasteiger partial charge in [-0.2, -0.15) is 4.31 Å². The van der Waals surface area contributed by atoms with Crippen molar-refractivity contribution in [3.8, 4) is 5.75 Å². The van der Waals surface area contributed by atoms with Crippen LogP contribution in [0.1, 0.15) is 11.1 Å². The Morgan fingerprint density at radius 3 is 2.62 bits per heavy atom. The van der Waals surface area contributed by atoms with Crippen molar-refractivity contribution in [3.05, 3.63) is 63.6 Å². The highest BCUT2D eigenvalue weighted by Crippen LogP contribution is 2.29. The number of carbonyl (C=O) groups excluding carboxylic acids is 1. The fourth-order valence-corrected chi connectivity index (χ4v) is 5.30. The molecule has 0 spiro atoms. The first kappa shape index (κ1) is 24.5. The molecule has 0 unspecified atom stereocenters. The van der Waals surface area contributed by atoms with Gasteiger partial charge in [0.1, 0.15) is 10.6 Å². The van der Waals surface area contributed by atoms with Gasteiger partial charge < -0.3 is 14.8 Å². The van der Waals surface area contributed by atoms with Gasteiger partial charge in [-0.15, -0.1) is 0 Å². The minimum Gasteiger partial charge on any atom is -0.495 e. The Balaban J connectivity index is 1.66. The van der Waals surface area contributed by atoms with E-state index in [1.165, 1.54) is 23.6 Å². The van der Waals surface area contributed by atoms with Gasteiger partial charge in [0.15, 0.2) is 0 Å². The lowest BCUT2D eigenvalue weighted by molar-refractivity contribution is -0.116. The Morgan fingerprint density at radius 1 is 1.19 bits per heavy atom. The lowest BCUT2D eigenvalue weighted by Gasteiger charge is -2.26. The minimum atomic E-state index is -3.75. The second-order valence-corrected chi connectivity index (χ2v) is 9.79. The number of nitrogens with one attached hydrogen (secondary N) is 1. The van der Waals surface area contributed by atoms with E-state index in [1.54, 1.807) is 30.3 Å². The Morgan fingerprint density at radius 2 is 1.94 bits per heavy atom. The summed E-state index contributed by atoms with van der Waals surface area (Å²) < 4.78 is 38.0. The highest BCUT2D eigenvalue weighted by atomic mass is 35.5. The Bertz CT molecular complexity index is 1100. The molecule has 1 amide bonds. The molecule has 2 aromatic carbocycles. The average molecular weight is 499 g/mol. The quantitative estimate of drug-likeness (QED) is 0.563. The largest absolute Gasteiger partial charge is 0.495 e. The zero-order valence-corrected chi connectivity index (χ0v) is 19.8. The third-order valence-electron chi connectivity index (χ3n) is 4.91. The molecule has 32 heavy (non-hydrogen) atoms. The van der Waals surface area contributed by atoms with Crippen LogP contribution in [0.25, 0.3) is 6.08 Å². The van der Waals surface area contributed by atoms with Crippen LogP contribution in [0.2, 0.25) is 10.0 Å².